The molecule has 2 rings (SSSR count). The van der Waals surface area contributed by atoms with Crippen molar-refractivity contribution in [3.05, 3.63) is 29.8 Å². The van der Waals surface area contributed by atoms with Gasteiger partial charge >= 0.3 is 12.0 Å². The molecule has 1 aliphatic carbocycles. The van der Waals surface area contributed by atoms with Gasteiger partial charge in [-0.2, -0.15) is 0 Å². The minimum atomic E-state index is -0.868. The molecule has 0 spiro atoms. The molecule has 0 atom stereocenters. The standard InChI is InChI=1S/C16H22N2O3/c1-12-5-7-13(8-6-12)17-15(21)18-16(11-14(19)20)9-3-2-4-10-16/h5-8H,2-4,9-11H2,1H3,(H,19,20)(H2,17,18,21). The predicted octanol–water partition coefficient (Wildman–Crippen LogP) is 3.29. The Balaban J connectivity index is 2.00. The van der Waals surface area contributed by atoms with Crippen molar-refractivity contribution in [2.75, 3.05) is 5.32 Å². The maximum absolute atomic E-state index is 12.1. The maximum Gasteiger partial charge on any atom is 0.319 e. The van der Waals surface area contributed by atoms with E-state index in [1.54, 1.807) is 0 Å². The molecule has 0 aliphatic heterocycles. The SMILES string of the molecule is Cc1ccc(NC(=O)NC2(CC(=O)O)CCCCC2)cc1. The van der Waals surface area contributed by atoms with Gasteiger partial charge in [0.05, 0.1) is 12.0 Å². The van der Waals surface area contributed by atoms with E-state index in [2.05, 4.69) is 10.6 Å². The van der Waals surface area contributed by atoms with Crippen LogP contribution in [-0.2, 0) is 4.79 Å². The van der Waals surface area contributed by atoms with Crippen LogP contribution in [0.25, 0.3) is 0 Å². The molecule has 0 bridgehead atoms. The van der Waals surface area contributed by atoms with Gasteiger partial charge in [-0.15, -0.1) is 0 Å². The normalized spacial score (nSPS) is 17.0. The van der Waals surface area contributed by atoms with E-state index in [1.165, 1.54) is 0 Å². The Hall–Kier alpha value is -2.04. The largest absolute Gasteiger partial charge is 0.481 e. The molecule has 3 N–H and O–H groups in total. The number of aliphatic carboxylic acids is 1. The number of hydrogen-bond donors (Lipinski definition) is 3. The number of aryl methyl sites for hydroxylation is 1. The Morgan fingerprint density at radius 2 is 1.76 bits per heavy atom. The summed E-state index contributed by atoms with van der Waals surface area (Å²) < 4.78 is 0. The Labute approximate surface area is 124 Å². The van der Waals surface area contributed by atoms with E-state index in [1.807, 2.05) is 31.2 Å². The first-order chi connectivity index (χ1) is 9.99. The molecule has 1 aromatic rings. The monoisotopic (exact) mass is 290 g/mol. The van der Waals surface area contributed by atoms with Crippen molar-refractivity contribution < 1.29 is 14.7 Å². The molecule has 114 valence electrons. The fraction of sp³-hybridized carbons (Fsp3) is 0.500. The van der Waals surface area contributed by atoms with Crippen molar-refractivity contribution in [2.24, 2.45) is 0 Å². The predicted molar refractivity (Wildman–Crippen MR) is 81.4 cm³/mol. The second-order valence-corrected chi connectivity index (χ2v) is 5.86. The smallest absolute Gasteiger partial charge is 0.319 e. The number of benzene rings is 1. The van der Waals surface area contributed by atoms with Crippen LogP contribution in [0, 0.1) is 6.92 Å². The summed E-state index contributed by atoms with van der Waals surface area (Å²) >= 11 is 0. The first-order valence-electron chi connectivity index (χ1n) is 7.37. The Bertz CT molecular complexity index is 505. The maximum atomic E-state index is 12.1. The highest BCUT2D eigenvalue weighted by Gasteiger charge is 2.35. The fourth-order valence-electron chi connectivity index (χ4n) is 2.90. The number of rotatable bonds is 4. The molecule has 5 heteroatoms. The molecule has 1 saturated carbocycles. The molecule has 2 amide bonds. The van der Waals surface area contributed by atoms with Crippen LogP contribution in [0.4, 0.5) is 10.5 Å². The van der Waals surface area contributed by atoms with Gasteiger partial charge in [-0.3, -0.25) is 4.79 Å². The molecule has 0 aromatic heterocycles. The van der Waals surface area contributed by atoms with Crippen molar-refractivity contribution in [2.45, 2.75) is 51.0 Å². The molecule has 21 heavy (non-hydrogen) atoms. The van der Waals surface area contributed by atoms with Crippen LogP contribution < -0.4 is 10.6 Å². The lowest BCUT2D eigenvalue weighted by atomic mass is 9.79. The highest BCUT2D eigenvalue weighted by Crippen LogP contribution is 2.31. The van der Waals surface area contributed by atoms with Crippen molar-refractivity contribution in [1.29, 1.82) is 0 Å². The number of carbonyl (C=O) groups is 2. The van der Waals surface area contributed by atoms with Gasteiger partial charge in [0.1, 0.15) is 0 Å². The molecule has 0 radical (unpaired) electrons. The summed E-state index contributed by atoms with van der Waals surface area (Å²) in [5.74, 6) is -0.868. The Kier molecular flexibility index (Phi) is 4.83. The molecule has 0 heterocycles. The molecule has 5 nitrogen and oxygen atoms in total. The van der Waals surface area contributed by atoms with Gasteiger partial charge in [-0.05, 0) is 31.9 Å². The van der Waals surface area contributed by atoms with Crippen LogP contribution >= 0.6 is 0 Å². The number of anilines is 1. The second kappa shape index (κ2) is 6.61. The quantitative estimate of drug-likeness (QED) is 0.796. The van der Waals surface area contributed by atoms with Crippen LogP contribution in [0.2, 0.25) is 0 Å². The summed E-state index contributed by atoms with van der Waals surface area (Å²) in [6, 6.07) is 7.17. The van der Waals surface area contributed by atoms with Gasteiger partial charge in [0, 0.05) is 5.69 Å². The molecular formula is C16H22N2O3. The minimum Gasteiger partial charge on any atom is -0.481 e. The van der Waals surface area contributed by atoms with Crippen molar-refractivity contribution in [3.8, 4) is 0 Å². The van der Waals surface area contributed by atoms with Gasteiger partial charge in [0.15, 0.2) is 0 Å². The van der Waals surface area contributed by atoms with Crippen molar-refractivity contribution in [3.63, 3.8) is 0 Å². The lowest BCUT2D eigenvalue weighted by molar-refractivity contribution is -0.138. The van der Waals surface area contributed by atoms with Crippen LogP contribution in [0.1, 0.15) is 44.1 Å². The van der Waals surface area contributed by atoms with E-state index in [-0.39, 0.29) is 12.5 Å². The van der Waals surface area contributed by atoms with Crippen molar-refractivity contribution >= 4 is 17.7 Å². The average molecular weight is 290 g/mol. The van der Waals surface area contributed by atoms with Gasteiger partial charge in [-0.1, -0.05) is 37.0 Å². The van der Waals surface area contributed by atoms with E-state index < -0.39 is 11.5 Å². The summed E-state index contributed by atoms with van der Waals surface area (Å²) in [5, 5.41) is 14.8. The zero-order chi connectivity index (χ0) is 15.3. The summed E-state index contributed by atoms with van der Waals surface area (Å²) in [5.41, 5.74) is 1.22. The van der Waals surface area contributed by atoms with E-state index >= 15 is 0 Å². The number of nitrogens with one attached hydrogen (secondary N) is 2. The van der Waals surface area contributed by atoms with Crippen LogP contribution in [-0.4, -0.2) is 22.6 Å². The van der Waals surface area contributed by atoms with Crippen LogP contribution in [0.5, 0.6) is 0 Å². The Morgan fingerprint density at radius 3 is 2.33 bits per heavy atom. The van der Waals surface area contributed by atoms with E-state index in [0.717, 1.165) is 37.7 Å². The van der Waals surface area contributed by atoms with E-state index in [9.17, 15) is 9.59 Å². The molecule has 1 aromatic carbocycles. The first kappa shape index (κ1) is 15.4. The molecule has 0 saturated heterocycles. The van der Waals surface area contributed by atoms with Gasteiger partial charge in [0.25, 0.3) is 0 Å². The topological polar surface area (TPSA) is 78.4 Å². The molecule has 1 fully saturated rings. The molecule has 1 aliphatic rings. The summed E-state index contributed by atoms with van der Waals surface area (Å²) in [6.45, 7) is 1.98. The number of urea groups is 1. The van der Waals surface area contributed by atoms with Crippen molar-refractivity contribution in [1.82, 2.24) is 5.32 Å². The highest BCUT2D eigenvalue weighted by molar-refractivity contribution is 5.90. The molecule has 0 unspecified atom stereocenters. The Morgan fingerprint density at radius 1 is 1.14 bits per heavy atom. The number of hydrogen-bond acceptors (Lipinski definition) is 2. The highest BCUT2D eigenvalue weighted by atomic mass is 16.4. The lowest BCUT2D eigenvalue weighted by Gasteiger charge is -2.36. The van der Waals surface area contributed by atoms with Crippen LogP contribution in [0.15, 0.2) is 24.3 Å². The van der Waals surface area contributed by atoms with Crippen LogP contribution in [0.3, 0.4) is 0 Å². The average Bonchev–Trinajstić information content (AvgIpc) is 2.41. The van der Waals surface area contributed by atoms with E-state index in [0.29, 0.717) is 5.69 Å². The summed E-state index contributed by atoms with van der Waals surface area (Å²) in [6.07, 6.45) is 4.44. The zero-order valence-electron chi connectivity index (χ0n) is 12.3. The minimum absolute atomic E-state index is 0.0195. The van der Waals surface area contributed by atoms with Gasteiger partial charge < -0.3 is 15.7 Å². The molecular weight excluding hydrogens is 268 g/mol. The number of amides is 2. The lowest BCUT2D eigenvalue weighted by Crippen LogP contribution is -2.52. The fourth-order valence-corrected chi connectivity index (χ4v) is 2.90. The third-order valence-corrected chi connectivity index (χ3v) is 3.99. The third kappa shape index (κ3) is 4.48. The van der Waals surface area contributed by atoms with Gasteiger partial charge in [-0.25, -0.2) is 4.79 Å². The van der Waals surface area contributed by atoms with Gasteiger partial charge in [0.2, 0.25) is 0 Å². The zero-order valence-corrected chi connectivity index (χ0v) is 12.3. The summed E-state index contributed by atoms with van der Waals surface area (Å²) in [7, 11) is 0. The number of carboxylic acids is 1. The third-order valence-electron chi connectivity index (χ3n) is 3.99. The first-order valence-corrected chi connectivity index (χ1v) is 7.37. The number of carboxylic acid groups (broad SMARTS) is 1. The second-order valence-electron chi connectivity index (χ2n) is 5.86. The van der Waals surface area contributed by atoms with E-state index in [4.69, 9.17) is 5.11 Å². The number of carbonyl (C=O) groups excluding carboxylic acids is 1. The summed E-state index contributed by atoms with van der Waals surface area (Å²) in [4.78, 5) is 23.2.